The van der Waals surface area contributed by atoms with E-state index in [1.54, 1.807) is 10.8 Å². The number of pyridine rings is 1. The van der Waals surface area contributed by atoms with Crippen LogP contribution in [0.5, 0.6) is 0 Å². The third-order valence-corrected chi connectivity index (χ3v) is 2.73. The Hall–Kier alpha value is -0.680. The quantitative estimate of drug-likeness (QED) is 0.814. The van der Waals surface area contributed by atoms with Crippen molar-refractivity contribution in [2.24, 2.45) is 0 Å². The number of halogens is 3. The van der Waals surface area contributed by atoms with E-state index in [9.17, 15) is 4.39 Å². The molecule has 0 amide bonds. The van der Waals surface area contributed by atoms with Gasteiger partial charge in [0.25, 0.3) is 0 Å². The molecule has 2 aromatic rings. The Balaban J connectivity index is 2.63. The highest BCUT2D eigenvalue weighted by molar-refractivity contribution is 9.10. The van der Waals surface area contributed by atoms with Crippen LogP contribution in [0.2, 0.25) is 0 Å². The molecule has 0 saturated carbocycles. The fourth-order valence-electron chi connectivity index (χ4n) is 1.45. The molecule has 2 rings (SSSR count). The van der Waals surface area contributed by atoms with E-state index in [0.717, 1.165) is 9.99 Å². The Morgan fingerprint density at radius 3 is 3.00 bits per heavy atom. The van der Waals surface area contributed by atoms with Gasteiger partial charge < -0.3 is 4.57 Å². The van der Waals surface area contributed by atoms with Gasteiger partial charge in [0.05, 0.1) is 12.4 Å². The van der Waals surface area contributed by atoms with Crippen molar-refractivity contribution < 1.29 is 4.39 Å². The molecule has 0 aliphatic carbocycles. The molecule has 0 aliphatic rings. The summed E-state index contributed by atoms with van der Waals surface area (Å²) in [6.07, 6.45) is 1.66. The van der Waals surface area contributed by atoms with E-state index in [2.05, 4.69) is 25.9 Å². The van der Waals surface area contributed by atoms with Gasteiger partial charge in [-0.1, -0.05) is 0 Å². The van der Waals surface area contributed by atoms with Crippen LogP contribution in [0.15, 0.2) is 16.7 Å². The second-order valence-corrected chi connectivity index (χ2v) is 4.18. The first-order valence-corrected chi connectivity index (χ1v) is 5.71. The number of alkyl halides is 2. The molecule has 0 radical (unpaired) electrons. The van der Waals surface area contributed by atoms with Gasteiger partial charge in [-0.2, -0.15) is 0 Å². The van der Waals surface area contributed by atoms with Gasteiger partial charge in [-0.25, -0.2) is 14.4 Å². The first kappa shape index (κ1) is 10.8. The number of hydrogen-bond donors (Lipinski definition) is 0. The van der Waals surface area contributed by atoms with Crippen LogP contribution in [0.3, 0.4) is 0 Å². The molecular formula is C9H8BrClFN3. The zero-order valence-corrected chi connectivity index (χ0v) is 10.1. The Morgan fingerprint density at radius 1 is 1.53 bits per heavy atom. The van der Waals surface area contributed by atoms with Gasteiger partial charge in [-0.15, -0.1) is 11.6 Å². The third kappa shape index (κ3) is 1.99. The lowest BCUT2D eigenvalue weighted by atomic mass is 10.4. The number of hydrogen-bond acceptors (Lipinski definition) is 2. The lowest BCUT2D eigenvalue weighted by Gasteiger charge is -2.02. The molecule has 15 heavy (non-hydrogen) atoms. The van der Waals surface area contributed by atoms with Crippen molar-refractivity contribution in [1.82, 2.24) is 14.5 Å². The van der Waals surface area contributed by atoms with Crippen LogP contribution in [-0.2, 0) is 12.4 Å². The standard InChI is InChI=1S/C9H8BrClFN3/c10-6-3-7-9(13-5-6)15(2-1-12)8(4-11)14-7/h3,5H,1-2,4H2. The maximum atomic E-state index is 12.4. The normalized spacial score (nSPS) is 11.1. The van der Waals surface area contributed by atoms with E-state index < -0.39 is 6.67 Å². The lowest BCUT2D eigenvalue weighted by Crippen LogP contribution is -2.04. The van der Waals surface area contributed by atoms with Gasteiger partial charge in [-0.3, -0.25) is 0 Å². The van der Waals surface area contributed by atoms with Crippen LogP contribution >= 0.6 is 27.5 Å². The van der Waals surface area contributed by atoms with Gasteiger partial charge in [0.2, 0.25) is 0 Å². The SMILES string of the molecule is FCCn1c(CCl)nc2cc(Br)cnc21. The molecule has 0 bridgehead atoms. The lowest BCUT2D eigenvalue weighted by molar-refractivity contribution is 0.445. The van der Waals surface area contributed by atoms with Crippen LogP contribution in [-0.4, -0.2) is 21.2 Å². The third-order valence-electron chi connectivity index (χ3n) is 2.06. The van der Waals surface area contributed by atoms with E-state index in [1.807, 2.05) is 6.07 Å². The highest BCUT2D eigenvalue weighted by Crippen LogP contribution is 2.19. The average molecular weight is 293 g/mol. The van der Waals surface area contributed by atoms with Gasteiger partial charge in [0.15, 0.2) is 5.65 Å². The van der Waals surface area contributed by atoms with Gasteiger partial charge in [-0.05, 0) is 22.0 Å². The first-order valence-electron chi connectivity index (χ1n) is 4.39. The maximum Gasteiger partial charge on any atom is 0.160 e. The Bertz CT molecular complexity index is 485. The summed E-state index contributed by atoms with van der Waals surface area (Å²) in [4.78, 5) is 8.48. The van der Waals surface area contributed by atoms with Crippen molar-refractivity contribution in [3.8, 4) is 0 Å². The van der Waals surface area contributed by atoms with Crippen molar-refractivity contribution in [2.75, 3.05) is 6.67 Å². The summed E-state index contributed by atoms with van der Waals surface area (Å²) < 4.78 is 14.9. The Morgan fingerprint density at radius 2 is 2.33 bits per heavy atom. The fraction of sp³-hybridized carbons (Fsp3) is 0.333. The van der Waals surface area contributed by atoms with E-state index >= 15 is 0 Å². The molecule has 80 valence electrons. The summed E-state index contributed by atoms with van der Waals surface area (Å²) in [6.45, 7) is -0.208. The molecule has 3 nitrogen and oxygen atoms in total. The number of rotatable bonds is 3. The zero-order chi connectivity index (χ0) is 10.8. The largest absolute Gasteiger partial charge is 0.309 e. The summed E-state index contributed by atoms with van der Waals surface area (Å²) in [5, 5.41) is 0. The van der Waals surface area contributed by atoms with Crippen LogP contribution in [0.4, 0.5) is 4.39 Å². The second-order valence-electron chi connectivity index (χ2n) is 3.00. The predicted molar refractivity (Wildman–Crippen MR) is 60.8 cm³/mol. The molecule has 0 unspecified atom stereocenters. The summed E-state index contributed by atoms with van der Waals surface area (Å²) >= 11 is 9.04. The smallest absolute Gasteiger partial charge is 0.160 e. The number of aryl methyl sites for hydroxylation is 1. The summed E-state index contributed by atoms with van der Waals surface area (Å²) in [7, 11) is 0. The minimum Gasteiger partial charge on any atom is -0.309 e. The fourth-order valence-corrected chi connectivity index (χ4v) is 1.98. The van der Waals surface area contributed by atoms with E-state index in [4.69, 9.17) is 11.6 Å². The Labute approximate surface area is 99.4 Å². The Kier molecular flexibility index (Phi) is 3.21. The minimum absolute atomic E-state index is 0.243. The van der Waals surface area contributed by atoms with Crippen molar-refractivity contribution in [3.63, 3.8) is 0 Å². The predicted octanol–water partition coefficient (Wildman–Crippen LogP) is 2.90. The number of imidazole rings is 1. The van der Waals surface area contributed by atoms with E-state index in [-0.39, 0.29) is 12.4 Å². The molecule has 0 aliphatic heterocycles. The van der Waals surface area contributed by atoms with E-state index in [1.165, 1.54) is 0 Å². The zero-order valence-electron chi connectivity index (χ0n) is 7.75. The molecule has 0 saturated heterocycles. The van der Waals surface area contributed by atoms with Crippen molar-refractivity contribution >= 4 is 38.7 Å². The van der Waals surface area contributed by atoms with Crippen molar-refractivity contribution in [1.29, 1.82) is 0 Å². The van der Waals surface area contributed by atoms with Gasteiger partial charge in [0, 0.05) is 10.7 Å². The summed E-state index contributed by atoms with van der Waals surface area (Å²) in [5.41, 5.74) is 1.40. The van der Waals surface area contributed by atoms with Crippen LogP contribution in [0.25, 0.3) is 11.2 Å². The average Bonchev–Trinajstić information content (AvgIpc) is 2.56. The number of aromatic nitrogens is 3. The minimum atomic E-state index is -0.451. The molecule has 0 N–H and O–H groups in total. The molecule has 2 aromatic heterocycles. The topological polar surface area (TPSA) is 30.7 Å². The highest BCUT2D eigenvalue weighted by Gasteiger charge is 2.10. The van der Waals surface area contributed by atoms with E-state index in [0.29, 0.717) is 11.5 Å². The maximum absolute atomic E-state index is 12.4. The molecular weight excluding hydrogens is 284 g/mol. The van der Waals surface area contributed by atoms with Crippen molar-refractivity contribution in [3.05, 3.63) is 22.6 Å². The molecule has 0 spiro atoms. The first-order chi connectivity index (χ1) is 7.26. The van der Waals surface area contributed by atoms with Crippen LogP contribution < -0.4 is 0 Å². The summed E-state index contributed by atoms with van der Waals surface area (Å²) in [6, 6.07) is 1.84. The highest BCUT2D eigenvalue weighted by atomic mass is 79.9. The second kappa shape index (κ2) is 4.45. The number of nitrogens with zero attached hydrogens (tertiary/aromatic N) is 3. The molecule has 0 fully saturated rings. The monoisotopic (exact) mass is 291 g/mol. The number of fused-ring (bicyclic) bond motifs is 1. The molecule has 0 atom stereocenters. The van der Waals surface area contributed by atoms with Gasteiger partial charge >= 0.3 is 0 Å². The van der Waals surface area contributed by atoms with Gasteiger partial charge in [0.1, 0.15) is 18.0 Å². The molecule has 2 heterocycles. The molecule has 6 heteroatoms. The molecule has 0 aromatic carbocycles. The van der Waals surface area contributed by atoms with Crippen LogP contribution in [0, 0.1) is 0 Å². The van der Waals surface area contributed by atoms with Crippen molar-refractivity contribution in [2.45, 2.75) is 12.4 Å². The summed E-state index contributed by atoms with van der Waals surface area (Å²) in [5.74, 6) is 0.906. The van der Waals surface area contributed by atoms with Crippen LogP contribution in [0.1, 0.15) is 5.82 Å².